The molecule has 2 rings (SSSR count). The van der Waals surface area contributed by atoms with Crippen molar-refractivity contribution in [1.29, 1.82) is 0 Å². The van der Waals surface area contributed by atoms with E-state index in [9.17, 15) is 4.79 Å². The van der Waals surface area contributed by atoms with Crippen LogP contribution in [0.4, 0.5) is 5.69 Å². The third-order valence-electron chi connectivity index (χ3n) is 2.99. The van der Waals surface area contributed by atoms with Gasteiger partial charge in [-0.1, -0.05) is 13.0 Å². The number of anilines is 1. The Morgan fingerprint density at radius 1 is 1.38 bits per heavy atom. The van der Waals surface area contributed by atoms with E-state index in [2.05, 4.69) is 33.2 Å². The molecule has 1 heterocycles. The Bertz CT molecular complexity index is 631. The van der Waals surface area contributed by atoms with E-state index in [4.69, 9.17) is 4.74 Å². The largest absolute Gasteiger partial charge is 0.491 e. The molecule has 0 radical (unpaired) electrons. The summed E-state index contributed by atoms with van der Waals surface area (Å²) >= 11 is 3.25. The normalized spacial score (nSPS) is 11.8. The van der Waals surface area contributed by atoms with Gasteiger partial charge in [0.1, 0.15) is 10.4 Å². The van der Waals surface area contributed by atoms with Crippen LogP contribution in [0.25, 0.3) is 0 Å². The maximum Gasteiger partial charge on any atom is 0.255 e. The summed E-state index contributed by atoms with van der Waals surface area (Å²) in [4.78, 5) is 16.2. The smallest absolute Gasteiger partial charge is 0.255 e. The van der Waals surface area contributed by atoms with E-state index < -0.39 is 0 Å². The molecule has 21 heavy (non-hydrogen) atoms. The molecule has 1 unspecified atom stereocenters. The number of ether oxygens (including phenoxy) is 1. The van der Waals surface area contributed by atoms with Crippen molar-refractivity contribution in [3.8, 4) is 5.75 Å². The van der Waals surface area contributed by atoms with Crippen molar-refractivity contribution in [1.82, 2.24) is 4.98 Å². The van der Waals surface area contributed by atoms with Gasteiger partial charge < -0.3 is 10.1 Å². The maximum atomic E-state index is 12.2. The molecule has 0 spiro atoms. The van der Waals surface area contributed by atoms with Crippen LogP contribution in [0, 0.1) is 0 Å². The van der Waals surface area contributed by atoms with Gasteiger partial charge in [0, 0.05) is 23.5 Å². The second kappa shape index (κ2) is 7.22. The highest BCUT2D eigenvalue weighted by Gasteiger charge is 2.08. The van der Waals surface area contributed by atoms with Crippen LogP contribution < -0.4 is 10.1 Å². The Morgan fingerprint density at radius 3 is 2.90 bits per heavy atom. The first kappa shape index (κ1) is 15.5. The van der Waals surface area contributed by atoms with E-state index in [0.29, 0.717) is 15.9 Å². The number of nitrogens with zero attached hydrogens (tertiary/aromatic N) is 1. The van der Waals surface area contributed by atoms with Crippen molar-refractivity contribution in [3.05, 3.63) is 52.8 Å². The summed E-state index contributed by atoms with van der Waals surface area (Å²) in [7, 11) is 0. The van der Waals surface area contributed by atoms with Crippen LogP contribution in [-0.4, -0.2) is 17.0 Å². The molecule has 1 atom stereocenters. The third kappa shape index (κ3) is 4.56. The highest BCUT2D eigenvalue weighted by Crippen LogP contribution is 2.20. The summed E-state index contributed by atoms with van der Waals surface area (Å²) in [6.07, 6.45) is 2.66. The maximum absolute atomic E-state index is 12.2. The predicted octanol–water partition coefficient (Wildman–Crippen LogP) is 4.27. The van der Waals surface area contributed by atoms with Gasteiger partial charge in [-0.2, -0.15) is 0 Å². The molecule has 0 aliphatic heterocycles. The number of carbonyl (C=O) groups excluding carboxylic acids is 1. The minimum Gasteiger partial charge on any atom is -0.491 e. The zero-order valence-corrected chi connectivity index (χ0v) is 13.6. The van der Waals surface area contributed by atoms with E-state index in [1.54, 1.807) is 18.3 Å². The first-order chi connectivity index (χ1) is 10.1. The summed E-state index contributed by atoms with van der Waals surface area (Å²) in [5, 5.41) is 2.85. The number of pyridine rings is 1. The molecule has 0 bridgehead atoms. The molecule has 0 saturated heterocycles. The van der Waals surface area contributed by atoms with Gasteiger partial charge in [-0.15, -0.1) is 0 Å². The SMILES string of the molecule is CCC(C)Oc1cccc(NC(=O)c2ccnc(Br)c2)c1. The average molecular weight is 349 g/mol. The van der Waals surface area contributed by atoms with E-state index in [1.807, 2.05) is 31.2 Å². The molecule has 0 aliphatic rings. The highest BCUT2D eigenvalue weighted by molar-refractivity contribution is 9.10. The quantitative estimate of drug-likeness (QED) is 0.820. The fourth-order valence-electron chi connectivity index (χ4n) is 1.71. The molecule has 0 aliphatic carbocycles. The minimum atomic E-state index is -0.182. The van der Waals surface area contributed by atoms with Gasteiger partial charge in [0.2, 0.25) is 0 Å². The molecule has 0 fully saturated rings. The molecule has 5 heteroatoms. The molecule has 0 saturated carbocycles. The minimum absolute atomic E-state index is 0.145. The molecule has 1 amide bonds. The topological polar surface area (TPSA) is 51.2 Å². The Labute approximate surface area is 132 Å². The van der Waals surface area contributed by atoms with Crippen LogP contribution in [0.3, 0.4) is 0 Å². The van der Waals surface area contributed by atoms with Crippen LogP contribution in [0.5, 0.6) is 5.75 Å². The molecule has 1 aromatic heterocycles. The lowest BCUT2D eigenvalue weighted by Crippen LogP contribution is -2.13. The highest BCUT2D eigenvalue weighted by atomic mass is 79.9. The summed E-state index contributed by atoms with van der Waals surface area (Å²) in [6, 6.07) is 10.7. The predicted molar refractivity (Wildman–Crippen MR) is 86.7 cm³/mol. The van der Waals surface area contributed by atoms with Gasteiger partial charge in [-0.05, 0) is 53.5 Å². The van der Waals surface area contributed by atoms with Crippen molar-refractivity contribution < 1.29 is 9.53 Å². The number of aromatic nitrogens is 1. The molecule has 4 nitrogen and oxygen atoms in total. The lowest BCUT2D eigenvalue weighted by Gasteiger charge is -2.13. The van der Waals surface area contributed by atoms with Crippen LogP contribution in [-0.2, 0) is 0 Å². The van der Waals surface area contributed by atoms with Gasteiger partial charge in [0.05, 0.1) is 6.10 Å². The molecular formula is C16H17BrN2O2. The monoisotopic (exact) mass is 348 g/mol. The Hall–Kier alpha value is -1.88. The Kier molecular flexibility index (Phi) is 5.33. The average Bonchev–Trinajstić information content (AvgIpc) is 2.47. The van der Waals surface area contributed by atoms with E-state index >= 15 is 0 Å². The molecule has 1 aromatic carbocycles. The van der Waals surface area contributed by atoms with Crippen molar-refractivity contribution in [3.63, 3.8) is 0 Å². The summed E-state index contributed by atoms with van der Waals surface area (Å²) < 4.78 is 6.37. The van der Waals surface area contributed by atoms with Gasteiger partial charge in [-0.3, -0.25) is 4.79 Å². The first-order valence-electron chi connectivity index (χ1n) is 6.78. The number of hydrogen-bond acceptors (Lipinski definition) is 3. The van der Waals surface area contributed by atoms with Crippen molar-refractivity contribution in [2.45, 2.75) is 26.4 Å². The second-order valence-corrected chi connectivity index (χ2v) is 5.50. The van der Waals surface area contributed by atoms with Crippen molar-refractivity contribution >= 4 is 27.5 Å². The van der Waals surface area contributed by atoms with Crippen LogP contribution in [0.2, 0.25) is 0 Å². The number of nitrogens with one attached hydrogen (secondary N) is 1. The van der Waals surface area contributed by atoms with Gasteiger partial charge in [0.25, 0.3) is 5.91 Å². The van der Waals surface area contributed by atoms with Crippen LogP contribution in [0.15, 0.2) is 47.2 Å². The van der Waals surface area contributed by atoms with Crippen LogP contribution >= 0.6 is 15.9 Å². The number of halogens is 1. The summed E-state index contributed by atoms with van der Waals surface area (Å²) in [5.74, 6) is 0.567. The van der Waals surface area contributed by atoms with E-state index in [-0.39, 0.29) is 12.0 Å². The zero-order valence-electron chi connectivity index (χ0n) is 12.0. The number of rotatable bonds is 5. The van der Waals surface area contributed by atoms with E-state index in [0.717, 1.165) is 12.2 Å². The van der Waals surface area contributed by atoms with Crippen molar-refractivity contribution in [2.75, 3.05) is 5.32 Å². The van der Waals surface area contributed by atoms with Gasteiger partial charge in [-0.25, -0.2) is 4.98 Å². The Balaban J connectivity index is 2.09. The fourth-order valence-corrected chi connectivity index (χ4v) is 2.07. The number of hydrogen-bond donors (Lipinski definition) is 1. The number of benzene rings is 1. The standard InChI is InChI=1S/C16H17BrN2O2/c1-3-11(2)21-14-6-4-5-13(10-14)19-16(20)12-7-8-18-15(17)9-12/h4-11H,3H2,1-2H3,(H,19,20). The summed E-state index contributed by atoms with van der Waals surface area (Å²) in [6.45, 7) is 4.08. The Morgan fingerprint density at radius 2 is 2.19 bits per heavy atom. The molecular weight excluding hydrogens is 332 g/mol. The third-order valence-corrected chi connectivity index (χ3v) is 3.43. The van der Waals surface area contributed by atoms with Gasteiger partial charge in [0.15, 0.2) is 0 Å². The summed E-state index contributed by atoms with van der Waals surface area (Å²) in [5.41, 5.74) is 1.25. The van der Waals surface area contributed by atoms with Crippen LogP contribution in [0.1, 0.15) is 30.6 Å². The first-order valence-corrected chi connectivity index (χ1v) is 7.57. The van der Waals surface area contributed by atoms with E-state index in [1.165, 1.54) is 0 Å². The number of carbonyl (C=O) groups is 1. The van der Waals surface area contributed by atoms with Crippen molar-refractivity contribution in [2.24, 2.45) is 0 Å². The second-order valence-electron chi connectivity index (χ2n) is 4.69. The molecule has 2 aromatic rings. The fraction of sp³-hybridized carbons (Fsp3) is 0.250. The lowest BCUT2D eigenvalue weighted by molar-refractivity contribution is 0.102. The molecule has 1 N–H and O–H groups in total. The van der Waals surface area contributed by atoms with Gasteiger partial charge >= 0.3 is 0 Å². The molecule has 110 valence electrons. The lowest BCUT2D eigenvalue weighted by atomic mass is 10.2. The number of amides is 1. The zero-order chi connectivity index (χ0) is 15.2.